The van der Waals surface area contributed by atoms with E-state index in [1.165, 1.54) is 4.31 Å². The molecule has 30 heavy (non-hydrogen) atoms. The van der Waals surface area contributed by atoms with E-state index in [0.717, 1.165) is 44.8 Å². The maximum Gasteiger partial charge on any atom is 0.251 e. The Labute approximate surface area is 178 Å². The largest absolute Gasteiger partial charge is 0.379 e. The molecule has 8 heteroatoms. The molecule has 1 heterocycles. The van der Waals surface area contributed by atoms with Crippen molar-refractivity contribution in [3.8, 4) is 0 Å². The van der Waals surface area contributed by atoms with Gasteiger partial charge in [0.15, 0.2) is 0 Å². The molecule has 0 aliphatic carbocycles. The van der Waals surface area contributed by atoms with Crippen molar-refractivity contribution in [2.24, 2.45) is 0 Å². The lowest BCUT2D eigenvalue weighted by atomic mass is 10.1. The molecule has 1 aliphatic heterocycles. The van der Waals surface area contributed by atoms with Crippen molar-refractivity contribution < 1.29 is 17.9 Å². The van der Waals surface area contributed by atoms with Crippen molar-refractivity contribution in [2.75, 3.05) is 46.4 Å². The minimum Gasteiger partial charge on any atom is -0.379 e. The van der Waals surface area contributed by atoms with Crippen molar-refractivity contribution in [2.45, 2.75) is 17.9 Å². The summed E-state index contributed by atoms with van der Waals surface area (Å²) in [4.78, 5) is 14.9. The summed E-state index contributed by atoms with van der Waals surface area (Å²) in [5, 5.41) is 2.94. The summed E-state index contributed by atoms with van der Waals surface area (Å²) in [5.41, 5.74) is 1.39. The van der Waals surface area contributed by atoms with Gasteiger partial charge in [-0.2, -0.15) is 4.31 Å². The first-order valence-electron chi connectivity index (χ1n) is 10.2. The van der Waals surface area contributed by atoms with Gasteiger partial charge in [-0.1, -0.05) is 30.3 Å². The fourth-order valence-corrected chi connectivity index (χ4v) is 4.49. The van der Waals surface area contributed by atoms with Crippen LogP contribution in [-0.2, 0) is 21.3 Å². The number of nitrogens with zero attached hydrogens (tertiary/aromatic N) is 2. The molecule has 0 bridgehead atoms. The lowest BCUT2D eigenvalue weighted by Crippen LogP contribution is -2.38. The van der Waals surface area contributed by atoms with Crippen LogP contribution in [0.2, 0.25) is 0 Å². The first-order chi connectivity index (χ1) is 14.5. The van der Waals surface area contributed by atoms with Gasteiger partial charge in [0.25, 0.3) is 5.91 Å². The highest BCUT2D eigenvalue weighted by atomic mass is 32.2. The second kappa shape index (κ2) is 10.7. The van der Waals surface area contributed by atoms with Crippen LogP contribution in [0.25, 0.3) is 0 Å². The number of benzene rings is 2. The zero-order chi connectivity index (χ0) is 21.4. The Morgan fingerprint density at radius 1 is 1.07 bits per heavy atom. The summed E-state index contributed by atoms with van der Waals surface area (Å²) in [6, 6.07) is 15.4. The second-order valence-corrected chi connectivity index (χ2v) is 9.38. The van der Waals surface area contributed by atoms with Crippen LogP contribution in [0, 0.1) is 0 Å². The Morgan fingerprint density at radius 3 is 2.40 bits per heavy atom. The maximum atomic E-state index is 12.6. The second-order valence-electron chi connectivity index (χ2n) is 7.33. The lowest BCUT2D eigenvalue weighted by molar-refractivity contribution is 0.0374. The van der Waals surface area contributed by atoms with E-state index in [2.05, 4.69) is 10.2 Å². The molecule has 0 atom stereocenters. The molecule has 3 rings (SSSR count). The summed E-state index contributed by atoms with van der Waals surface area (Å²) in [6.07, 6.45) is 0.895. The van der Waals surface area contributed by atoms with Crippen LogP contribution < -0.4 is 5.32 Å². The van der Waals surface area contributed by atoms with Crippen LogP contribution in [0.3, 0.4) is 0 Å². The van der Waals surface area contributed by atoms with Gasteiger partial charge in [0, 0.05) is 38.8 Å². The van der Waals surface area contributed by atoms with Gasteiger partial charge < -0.3 is 10.1 Å². The fraction of sp³-hybridized carbons (Fsp3) is 0.409. The molecule has 2 aromatic carbocycles. The van der Waals surface area contributed by atoms with E-state index in [-0.39, 0.29) is 17.3 Å². The number of nitrogens with one attached hydrogen (secondary N) is 1. The van der Waals surface area contributed by atoms with E-state index in [9.17, 15) is 13.2 Å². The van der Waals surface area contributed by atoms with E-state index in [0.29, 0.717) is 12.1 Å². The summed E-state index contributed by atoms with van der Waals surface area (Å²) in [6.45, 7) is 5.26. The Hall–Kier alpha value is -2.26. The number of ether oxygens (including phenoxy) is 1. The molecule has 1 amide bonds. The van der Waals surface area contributed by atoms with Gasteiger partial charge >= 0.3 is 0 Å². The minimum absolute atomic E-state index is 0.117. The van der Waals surface area contributed by atoms with Crippen LogP contribution in [0.5, 0.6) is 0 Å². The van der Waals surface area contributed by atoms with Crippen LogP contribution in [-0.4, -0.2) is 70.0 Å². The molecule has 7 nitrogen and oxygen atoms in total. The van der Waals surface area contributed by atoms with Crippen LogP contribution in [0.1, 0.15) is 22.3 Å². The molecular formula is C22H29N3O4S. The number of rotatable bonds is 9. The van der Waals surface area contributed by atoms with Crippen LogP contribution >= 0.6 is 0 Å². The molecule has 2 aromatic rings. The third-order valence-corrected chi connectivity index (χ3v) is 6.93. The first-order valence-corrected chi connectivity index (χ1v) is 11.6. The predicted molar refractivity (Wildman–Crippen MR) is 116 cm³/mol. The lowest BCUT2D eigenvalue weighted by Gasteiger charge is -2.26. The first kappa shape index (κ1) is 22.4. The Kier molecular flexibility index (Phi) is 7.98. The van der Waals surface area contributed by atoms with Gasteiger partial charge in [-0.3, -0.25) is 9.69 Å². The number of carbonyl (C=O) groups excluding carboxylic acids is 1. The summed E-state index contributed by atoms with van der Waals surface area (Å²) >= 11 is 0. The quantitative estimate of drug-likeness (QED) is 0.614. The van der Waals surface area contributed by atoms with Gasteiger partial charge in [0.1, 0.15) is 0 Å². The SMILES string of the molecule is CN(Cc1ccc(C(=O)NCCCN2CCOCC2)cc1)S(=O)(=O)c1ccccc1. The van der Waals surface area contributed by atoms with Gasteiger partial charge in [-0.15, -0.1) is 0 Å². The predicted octanol–water partition coefficient (Wildman–Crippen LogP) is 1.96. The van der Waals surface area contributed by atoms with Crippen molar-refractivity contribution in [1.29, 1.82) is 0 Å². The Morgan fingerprint density at radius 2 is 1.73 bits per heavy atom. The van der Waals surface area contributed by atoms with Crippen LogP contribution in [0.4, 0.5) is 0 Å². The molecule has 1 saturated heterocycles. The molecular weight excluding hydrogens is 402 g/mol. The highest BCUT2D eigenvalue weighted by molar-refractivity contribution is 7.89. The Balaban J connectivity index is 1.47. The van der Waals surface area contributed by atoms with Crippen molar-refractivity contribution in [3.63, 3.8) is 0 Å². The number of hydrogen-bond donors (Lipinski definition) is 1. The molecule has 1 aliphatic rings. The van der Waals surface area contributed by atoms with E-state index >= 15 is 0 Å². The topological polar surface area (TPSA) is 79.0 Å². The number of morpholine rings is 1. The highest BCUT2D eigenvalue weighted by Crippen LogP contribution is 2.16. The zero-order valence-electron chi connectivity index (χ0n) is 17.3. The third-order valence-electron chi connectivity index (χ3n) is 5.11. The molecule has 0 aromatic heterocycles. The standard InChI is InChI=1S/C22H29N3O4S/c1-24(30(27,28)21-6-3-2-4-7-21)18-19-8-10-20(11-9-19)22(26)23-12-5-13-25-14-16-29-17-15-25/h2-4,6-11H,5,12-18H2,1H3,(H,23,26). The average molecular weight is 432 g/mol. The van der Waals surface area contributed by atoms with E-state index < -0.39 is 10.0 Å². The number of hydrogen-bond acceptors (Lipinski definition) is 5. The fourth-order valence-electron chi connectivity index (χ4n) is 3.31. The van der Waals surface area contributed by atoms with Gasteiger partial charge in [-0.05, 0) is 42.8 Å². The van der Waals surface area contributed by atoms with Crippen LogP contribution in [0.15, 0.2) is 59.5 Å². The minimum atomic E-state index is -3.55. The molecule has 0 saturated carbocycles. The van der Waals surface area contributed by atoms with Crippen molar-refractivity contribution in [1.82, 2.24) is 14.5 Å². The normalized spacial score (nSPS) is 15.3. The maximum absolute atomic E-state index is 12.6. The number of amides is 1. The highest BCUT2D eigenvalue weighted by Gasteiger charge is 2.20. The molecule has 1 fully saturated rings. The Bertz CT molecular complexity index is 911. The zero-order valence-corrected chi connectivity index (χ0v) is 18.1. The average Bonchev–Trinajstić information content (AvgIpc) is 2.78. The van der Waals surface area contributed by atoms with Gasteiger partial charge in [0.05, 0.1) is 18.1 Å². The number of sulfonamides is 1. The molecule has 0 unspecified atom stereocenters. The number of carbonyl (C=O) groups is 1. The van der Waals surface area contributed by atoms with Crippen molar-refractivity contribution >= 4 is 15.9 Å². The summed E-state index contributed by atoms with van der Waals surface area (Å²) < 4.78 is 31.9. The van der Waals surface area contributed by atoms with E-state index in [1.54, 1.807) is 61.6 Å². The van der Waals surface area contributed by atoms with Gasteiger partial charge in [0.2, 0.25) is 10.0 Å². The third kappa shape index (κ3) is 6.12. The monoisotopic (exact) mass is 431 g/mol. The van der Waals surface area contributed by atoms with Gasteiger partial charge in [-0.25, -0.2) is 8.42 Å². The molecule has 1 N–H and O–H groups in total. The smallest absolute Gasteiger partial charge is 0.251 e. The van der Waals surface area contributed by atoms with Crippen molar-refractivity contribution in [3.05, 3.63) is 65.7 Å². The molecule has 0 spiro atoms. The van der Waals surface area contributed by atoms with E-state index in [1.807, 2.05) is 0 Å². The molecule has 0 radical (unpaired) electrons. The summed E-state index contributed by atoms with van der Waals surface area (Å²) in [7, 11) is -1.99. The summed E-state index contributed by atoms with van der Waals surface area (Å²) in [5.74, 6) is -0.117. The van der Waals surface area contributed by atoms with E-state index in [4.69, 9.17) is 4.74 Å². The molecule has 162 valence electrons.